The third kappa shape index (κ3) is 6.13. The number of ether oxygens (including phenoxy) is 1. The smallest absolute Gasteiger partial charge is 0.326 e. The van der Waals surface area contributed by atoms with Gasteiger partial charge in [-0.2, -0.15) is 5.26 Å². The van der Waals surface area contributed by atoms with Gasteiger partial charge in [0.15, 0.2) is 6.10 Å². The molecule has 2 N–H and O–H groups in total. The Labute approximate surface area is 160 Å². The number of anilines is 1. The number of carbonyl (C=O) groups excluding carboxylic acids is 3. The van der Waals surface area contributed by atoms with Gasteiger partial charge in [-0.1, -0.05) is 11.6 Å². The fourth-order valence-corrected chi connectivity index (χ4v) is 2.15. The Morgan fingerprint density at radius 3 is 2.33 bits per heavy atom. The van der Waals surface area contributed by atoms with E-state index in [0.29, 0.717) is 21.8 Å². The lowest BCUT2D eigenvalue weighted by Crippen LogP contribution is -2.35. The minimum atomic E-state index is -1.06. The van der Waals surface area contributed by atoms with E-state index in [0.717, 1.165) is 0 Å². The van der Waals surface area contributed by atoms with Gasteiger partial charge >= 0.3 is 5.97 Å². The van der Waals surface area contributed by atoms with Gasteiger partial charge < -0.3 is 15.4 Å². The molecule has 138 valence electrons. The van der Waals surface area contributed by atoms with E-state index in [1.165, 1.54) is 19.1 Å². The predicted octanol–water partition coefficient (Wildman–Crippen LogP) is 2.51. The van der Waals surface area contributed by atoms with Crippen LogP contribution in [0.5, 0.6) is 0 Å². The normalized spacial score (nSPS) is 11.0. The van der Waals surface area contributed by atoms with E-state index in [4.69, 9.17) is 21.6 Å². The van der Waals surface area contributed by atoms with Crippen LogP contribution in [0, 0.1) is 11.3 Å². The van der Waals surface area contributed by atoms with Crippen molar-refractivity contribution in [3.05, 3.63) is 64.7 Å². The molecule has 0 heterocycles. The molecule has 0 spiro atoms. The standard InChI is InChI=1S/C19H16ClN3O4/c1-12(18(25)23-16-8-2-13(10-21)3-9-16)27-17(24)11-22-19(26)14-4-6-15(20)7-5-14/h2-9,12H,11H2,1H3,(H,22,26)(H,23,25)/t12-/m0/s1. The molecule has 7 nitrogen and oxygen atoms in total. The van der Waals surface area contributed by atoms with Crippen molar-refractivity contribution in [1.29, 1.82) is 5.26 Å². The fraction of sp³-hybridized carbons (Fsp3) is 0.158. The summed E-state index contributed by atoms with van der Waals surface area (Å²) in [5.74, 6) is -1.74. The quantitative estimate of drug-likeness (QED) is 0.743. The minimum absolute atomic E-state index is 0.346. The van der Waals surface area contributed by atoms with Crippen LogP contribution < -0.4 is 10.6 Å². The summed E-state index contributed by atoms with van der Waals surface area (Å²) >= 11 is 5.75. The average Bonchev–Trinajstić information content (AvgIpc) is 2.67. The van der Waals surface area contributed by atoms with Crippen LogP contribution in [0.25, 0.3) is 0 Å². The van der Waals surface area contributed by atoms with Crippen molar-refractivity contribution in [3.8, 4) is 6.07 Å². The first-order valence-electron chi connectivity index (χ1n) is 7.93. The van der Waals surface area contributed by atoms with E-state index in [1.54, 1.807) is 36.4 Å². The molecule has 0 saturated carbocycles. The number of hydrogen-bond acceptors (Lipinski definition) is 5. The van der Waals surface area contributed by atoms with Crippen LogP contribution in [0.15, 0.2) is 48.5 Å². The lowest BCUT2D eigenvalue weighted by molar-refractivity contribution is -0.152. The van der Waals surface area contributed by atoms with Crippen LogP contribution in [-0.4, -0.2) is 30.4 Å². The Morgan fingerprint density at radius 1 is 1.11 bits per heavy atom. The third-order valence-electron chi connectivity index (χ3n) is 3.46. The second-order valence-corrected chi connectivity index (χ2v) is 5.94. The topological polar surface area (TPSA) is 108 Å². The first kappa shape index (κ1) is 19.9. The second-order valence-electron chi connectivity index (χ2n) is 5.50. The fourth-order valence-electron chi connectivity index (χ4n) is 2.02. The summed E-state index contributed by atoms with van der Waals surface area (Å²) < 4.78 is 5.00. The van der Waals surface area contributed by atoms with Gasteiger partial charge in [-0.15, -0.1) is 0 Å². The zero-order valence-electron chi connectivity index (χ0n) is 14.4. The van der Waals surface area contributed by atoms with Crippen molar-refractivity contribution in [2.75, 3.05) is 11.9 Å². The molecular weight excluding hydrogens is 370 g/mol. The molecule has 1 atom stereocenters. The molecule has 0 aliphatic carbocycles. The van der Waals surface area contributed by atoms with E-state index >= 15 is 0 Å². The molecule has 0 unspecified atom stereocenters. The summed E-state index contributed by atoms with van der Waals surface area (Å²) in [7, 11) is 0. The summed E-state index contributed by atoms with van der Waals surface area (Å²) in [4.78, 5) is 35.8. The predicted molar refractivity (Wildman–Crippen MR) is 99.1 cm³/mol. The maximum atomic E-state index is 12.0. The van der Waals surface area contributed by atoms with Crippen molar-refractivity contribution >= 4 is 35.1 Å². The summed E-state index contributed by atoms with van der Waals surface area (Å²) in [6.07, 6.45) is -1.06. The number of hydrogen-bond donors (Lipinski definition) is 2. The van der Waals surface area contributed by atoms with Gasteiger partial charge in [0, 0.05) is 16.3 Å². The number of esters is 1. The van der Waals surface area contributed by atoms with E-state index in [1.807, 2.05) is 6.07 Å². The zero-order valence-corrected chi connectivity index (χ0v) is 15.1. The molecule has 0 bridgehead atoms. The molecule has 0 aromatic heterocycles. The molecular formula is C19H16ClN3O4. The lowest BCUT2D eigenvalue weighted by Gasteiger charge is -2.14. The van der Waals surface area contributed by atoms with Crippen LogP contribution in [0.4, 0.5) is 5.69 Å². The average molecular weight is 386 g/mol. The Morgan fingerprint density at radius 2 is 1.74 bits per heavy atom. The van der Waals surface area contributed by atoms with Gasteiger partial charge in [0.25, 0.3) is 11.8 Å². The number of benzene rings is 2. The summed E-state index contributed by atoms with van der Waals surface area (Å²) in [6.45, 7) is 1.04. The van der Waals surface area contributed by atoms with E-state index in [2.05, 4.69) is 10.6 Å². The third-order valence-corrected chi connectivity index (χ3v) is 3.71. The minimum Gasteiger partial charge on any atom is -0.451 e. The van der Waals surface area contributed by atoms with E-state index in [-0.39, 0.29) is 6.54 Å². The number of nitrogens with zero attached hydrogens (tertiary/aromatic N) is 1. The summed E-state index contributed by atoms with van der Waals surface area (Å²) in [6, 6.07) is 14.4. The monoisotopic (exact) mass is 385 g/mol. The first-order chi connectivity index (χ1) is 12.9. The van der Waals surface area contributed by atoms with Crippen molar-refractivity contribution in [1.82, 2.24) is 5.32 Å². The Balaban J connectivity index is 1.79. The van der Waals surface area contributed by atoms with E-state index in [9.17, 15) is 14.4 Å². The Bertz CT molecular complexity index is 873. The molecule has 0 aliphatic heterocycles. The van der Waals surface area contributed by atoms with Crippen LogP contribution in [0.3, 0.4) is 0 Å². The van der Waals surface area contributed by atoms with E-state index < -0.39 is 23.9 Å². The van der Waals surface area contributed by atoms with Crippen molar-refractivity contribution in [3.63, 3.8) is 0 Å². The zero-order chi connectivity index (χ0) is 19.8. The number of amides is 2. The molecule has 0 radical (unpaired) electrons. The molecule has 2 rings (SSSR count). The molecule has 27 heavy (non-hydrogen) atoms. The van der Waals surface area contributed by atoms with Gasteiger partial charge in [0.05, 0.1) is 11.6 Å². The van der Waals surface area contributed by atoms with Crippen molar-refractivity contribution in [2.45, 2.75) is 13.0 Å². The highest BCUT2D eigenvalue weighted by Crippen LogP contribution is 2.10. The van der Waals surface area contributed by atoms with Gasteiger partial charge in [-0.3, -0.25) is 14.4 Å². The number of rotatable bonds is 6. The van der Waals surface area contributed by atoms with Gasteiger partial charge in [-0.05, 0) is 55.5 Å². The maximum absolute atomic E-state index is 12.0. The van der Waals surface area contributed by atoms with Gasteiger partial charge in [0.2, 0.25) is 0 Å². The maximum Gasteiger partial charge on any atom is 0.326 e. The highest BCUT2D eigenvalue weighted by Gasteiger charge is 2.18. The molecule has 2 aromatic rings. The summed E-state index contributed by atoms with van der Waals surface area (Å²) in [5.41, 5.74) is 1.28. The summed E-state index contributed by atoms with van der Waals surface area (Å²) in [5, 5.41) is 14.2. The molecule has 0 aliphatic rings. The molecule has 0 saturated heterocycles. The van der Waals surface area contributed by atoms with Crippen molar-refractivity contribution in [2.24, 2.45) is 0 Å². The SMILES string of the molecule is C[C@H](OC(=O)CNC(=O)c1ccc(Cl)cc1)C(=O)Nc1ccc(C#N)cc1. The number of carbonyl (C=O) groups is 3. The van der Waals surface area contributed by atoms with Crippen LogP contribution >= 0.6 is 11.6 Å². The van der Waals surface area contributed by atoms with Crippen LogP contribution in [-0.2, 0) is 14.3 Å². The molecule has 2 amide bonds. The van der Waals surface area contributed by atoms with Crippen LogP contribution in [0.2, 0.25) is 5.02 Å². The lowest BCUT2D eigenvalue weighted by atomic mass is 10.2. The first-order valence-corrected chi connectivity index (χ1v) is 8.31. The number of nitriles is 1. The second kappa shape index (κ2) is 9.36. The highest BCUT2D eigenvalue weighted by atomic mass is 35.5. The van der Waals surface area contributed by atoms with Gasteiger partial charge in [0.1, 0.15) is 6.54 Å². The Kier molecular flexibility index (Phi) is 6.92. The largest absolute Gasteiger partial charge is 0.451 e. The molecule has 2 aromatic carbocycles. The van der Waals surface area contributed by atoms with Gasteiger partial charge in [-0.25, -0.2) is 0 Å². The molecule has 0 fully saturated rings. The van der Waals surface area contributed by atoms with Crippen molar-refractivity contribution < 1.29 is 19.1 Å². The number of nitrogens with one attached hydrogen (secondary N) is 2. The molecule has 8 heteroatoms. The van der Waals surface area contributed by atoms with Crippen LogP contribution in [0.1, 0.15) is 22.8 Å². The Hall–Kier alpha value is -3.37. The number of halogens is 1. The highest BCUT2D eigenvalue weighted by molar-refractivity contribution is 6.30.